The fraction of sp³-hybridized carbons (Fsp3) is 0.125. The average Bonchev–Trinajstić information content (AvgIpc) is 2.15. The van der Waals surface area contributed by atoms with E-state index in [1.165, 1.54) is 18.3 Å². The van der Waals surface area contributed by atoms with Gasteiger partial charge in [0.1, 0.15) is 0 Å². The molecular weight excluding hydrogens is 172 g/mol. The second-order valence-corrected chi connectivity index (χ2v) is 2.27. The summed E-state index contributed by atoms with van der Waals surface area (Å²) in [5.41, 5.74) is 0.454. The summed E-state index contributed by atoms with van der Waals surface area (Å²) in [4.78, 5) is 13.6. The molecule has 0 aliphatic carbocycles. The van der Waals surface area contributed by atoms with Gasteiger partial charge >= 0.3 is 0 Å². The standard InChI is InChI=1S/C8H8N2O3/c11-5-4-9-7-2-1-3-8(6-7)10(12)13/h1-4,6,11H,5H2. The van der Waals surface area contributed by atoms with Crippen LogP contribution in [0.4, 0.5) is 11.4 Å². The Morgan fingerprint density at radius 2 is 2.38 bits per heavy atom. The van der Waals surface area contributed by atoms with Crippen LogP contribution in [0.15, 0.2) is 29.3 Å². The van der Waals surface area contributed by atoms with E-state index in [0.717, 1.165) is 0 Å². The Morgan fingerprint density at radius 3 is 3.00 bits per heavy atom. The van der Waals surface area contributed by atoms with Crippen molar-refractivity contribution in [3.8, 4) is 0 Å². The molecule has 5 heteroatoms. The zero-order chi connectivity index (χ0) is 9.68. The van der Waals surface area contributed by atoms with Crippen molar-refractivity contribution < 1.29 is 10.0 Å². The molecule has 1 aromatic carbocycles. The molecule has 0 aliphatic rings. The summed E-state index contributed by atoms with van der Waals surface area (Å²) >= 11 is 0. The Bertz CT molecular complexity index is 336. The van der Waals surface area contributed by atoms with Crippen LogP contribution in [-0.2, 0) is 0 Å². The zero-order valence-corrected chi connectivity index (χ0v) is 6.75. The molecule has 68 valence electrons. The number of benzene rings is 1. The number of nitro benzene ring substituents is 1. The smallest absolute Gasteiger partial charge is 0.271 e. The van der Waals surface area contributed by atoms with Crippen molar-refractivity contribution in [1.82, 2.24) is 0 Å². The first-order valence-corrected chi connectivity index (χ1v) is 3.62. The highest BCUT2D eigenvalue weighted by Gasteiger charge is 2.03. The lowest BCUT2D eigenvalue weighted by Crippen LogP contribution is -1.86. The Hall–Kier alpha value is -1.75. The van der Waals surface area contributed by atoms with E-state index in [4.69, 9.17) is 5.11 Å². The summed E-state index contributed by atoms with van der Waals surface area (Å²) < 4.78 is 0. The van der Waals surface area contributed by atoms with E-state index < -0.39 is 4.92 Å². The molecule has 0 saturated heterocycles. The van der Waals surface area contributed by atoms with Gasteiger partial charge in [0.2, 0.25) is 0 Å². The van der Waals surface area contributed by atoms with Gasteiger partial charge in [0, 0.05) is 18.3 Å². The average molecular weight is 180 g/mol. The molecule has 0 atom stereocenters. The summed E-state index contributed by atoms with van der Waals surface area (Å²) in [5, 5.41) is 18.8. The van der Waals surface area contributed by atoms with Crippen LogP contribution in [0.2, 0.25) is 0 Å². The van der Waals surface area contributed by atoms with Crippen LogP contribution in [0.25, 0.3) is 0 Å². The van der Waals surface area contributed by atoms with Gasteiger partial charge in [-0.1, -0.05) is 6.07 Å². The van der Waals surface area contributed by atoms with Crippen molar-refractivity contribution in [3.63, 3.8) is 0 Å². The first kappa shape index (κ1) is 9.34. The summed E-state index contributed by atoms with van der Waals surface area (Å²) in [6, 6.07) is 5.89. The first-order chi connectivity index (χ1) is 6.24. The summed E-state index contributed by atoms with van der Waals surface area (Å²) in [7, 11) is 0. The predicted molar refractivity (Wildman–Crippen MR) is 48.3 cm³/mol. The molecule has 0 amide bonds. The summed E-state index contributed by atoms with van der Waals surface area (Å²) in [6.45, 7) is -0.178. The molecule has 0 saturated carbocycles. The Morgan fingerprint density at radius 1 is 1.62 bits per heavy atom. The minimum atomic E-state index is -0.488. The maximum absolute atomic E-state index is 10.3. The number of hydrogen-bond acceptors (Lipinski definition) is 4. The van der Waals surface area contributed by atoms with Gasteiger partial charge in [0.15, 0.2) is 0 Å². The lowest BCUT2D eigenvalue weighted by molar-refractivity contribution is -0.384. The molecule has 0 heterocycles. The van der Waals surface area contributed by atoms with E-state index in [1.54, 1.807) is 12.1 Å². The Labute approximate surface area is 74.5 Å². The van der Waals surface area contributed by atoms with Crippen molar-refractivity contribution in [2.75, 3.05) is 6.61 Å². The highest BCUT2D eigenvalue weighted by molar-refractivity contribution is 5.64. The fourth-order valence-electron chi connectivity index (χ4n) is 0.833. The molecule has 0 fully saturated rings. The first-order valence-electron chi connectivity index (χ1n) is 3.62. The van der Waals surface area contributed by atoms with Gasteiger partial charge in [-0.2, -0.15) is 0 Å². The van der Waals surface area contributed by atoms with Crippen LogP contribution in [0.3, 0.4) is 0 Å². The number of aliphatic hydroxyl groups excluding tert-OH is 1. The van der Waals surface area contributed by atoms with E-state index >= 15 is 0 Å². The van der Waals surface area contributed by atoms with Crippen LogP contribution >= 0.6 is 0 Å². The number of rotatable bonds is 3. The molecule has 0 radical (unpaired) electrons. The molecule has 0 bridgehead atoms. The van der Waals surface area contributed by atoms with E-state index in [0.29, 0.717) is 5.69 Å². The Balaban J connectivity index is 2.92. The van der Waals surface area contributed by atoms with Crippen molar-refractivity contribution in [3.05, 3.63) is 34.4 Å². The quantitative estimate of drug-likeness (QED) is 0.432. The SMILES string of the molecule is O=[N+]([O-])c1cccc(N=CCO)c1. The topological polar surface area (TPSA) is 75.7 Å². The van der Waals surface area contributed by atoms with Gasteiger partial charge in [-0.05, 0) is 6.07 Å². The molecule has 1 rings (SSSR count). The minimum Gasteiger partial charge on any atom is -0.391 e. The molecule has 13 heavy (non-hydrogen) atoms. The van der Waals surface area contributed by atoms with Crippen LogP contribution in [0.1, 0.15) is 0 Å². The monoisotopic (exact) mass is 180 g/mol. The highest BCUT2D eigenvalue weighted by atomic mass is 16.6. The van der Waals surface area contributed by atoms with E-state index in [1.807, 2.05) is 0 Å². The third-order valence-corrected chi connectivity index (χ3v) is 1.36. The van der Waals surface area contributed by atoms with E-state index in [9.17, 15) is 10.1 Å². The lowest BCUT2D eigenvalue weighted by atomic mass is 10.3. The van der Waals surface area contributed by atoms with Gasteiger partial charge in [-0.25, -0.2) is 0 Å². The van der Waals surface area contributed by atoms with Crippen LogP contribution in [0.5, 0.6) is 0 Å². The molecule has 0 aliphatic heterocycles. The highest BCUT2D eigenvalue weighted by Crippen LogP contribution is 2.18. The number of aliphatic imine (C=N–C) groups is 1. The van der Waals surface area contributed by atoms with Crippen LogP contribution in [0, 0.1) is 10.1 Å². The maximum atomic E-state index is 10.3. The zero-order valence-electron chi connectivity index (χ0n) is 6.75. The molecule has 0 unspecified atom stereocenters. The number of hydrogen-bond donors (Lipinski definition) is 1. The second-order valence-electron chi connectivity index (χ2n) is 2.27. The molecule has 0 spiro atoms. The summed E-state index contributed by atoms with van der Waals surface area (Å²) in [6.07, 6.45) is 1.28. The molecule has 5 nitrogen and oxygen atoms in total. The molecule has 1 N–H and O–H groups in total. The molecular formula is C8H8N2O3. The van der Waals surface area contributed by atoms with Gasteiger partial charge in [-0.15, -0.1) is 0 Å². The number of non-ortho nitro benzene ring substituents is 1. The summed E-state index contributed by atoms with van der Waals surface area (Å²) in [5.74, 6) is 0. The third-order valence-electron chi connectivity index (χ3n) is 1.36. The van der Waals surface area contributed by atoms with Crippen LogP contribution in [-0.4, -0.2) is 22.9 Å². The third kappa shape index (κ3) is 2.64. The second kappa shape index (κ2) is 4.32. The normalized spacial score (nSPS) is 10.5. The van der Waals surface area contributed by atoms with Crippen LogP contribution < -0.4 is 0 Å². The Kier molecular flexibility index (Phi) is 3.10. The van der Waals surface area contributed by atoms with Gasteiger partial charge in [0.25, 0.3) is 5.69 Å². The number of nitro groups is 1. The fourth-order valence-corrected chi connectivity index (χ4v) is 0.833. The van der Waals surface area contributed by atoms with Crippen molar-refractivity contribution in [2.24, 2.45) is 4.99 Å². The van der Waals surface area contributed by atoms with Gasteiger partial charge in [0.05, 0.1) is 17.2 Å². The lowest BCUT2D eigenvalue weighted by Gasteiger charge is -1.92. The van der Waals surface area contributed by atoms with E-state index in [2.05, 4.69) is 4.99 Å². The molecule has 0 aromatic heterocycles. The van der Waals surface area contributed by atoms with Crippen molar-refractivity contribution in [1.29, 1.82) is 0 Å². The number of nitrogens with zero attached hydrogens (tertiary/aromatic N) is 2. The minimum absolute atomic E-state index is 0.00686. The van der Waals surface area contributed by atoms with Crippen molar-refractivity contribution in [2.45, 2.75) is 0 Å². The van der Waals surface area contributed by atoms with Crippen molar-refractivity contribution >= 4 is 17.6 Å². The number of aliphatic hydroxyl groups is 1. The maximum Gasteiger partial charge on any atom is 0.271 e. The molecule has 1 aromatic rings. The van der Waals surface area contributed by atoms with E-state index in [-0.39, 0.29) is 12.3 Å². The van der Waals surface area contributed by atoms with Gasteiger partial charge in [-0.3, -0.25) is 15.1 Å². The predicted octanol–water partition coefficient (Wildman–Crippen LogP) is 1.29. The largest absolute Gasteiger partial charge is 0.391 e. The van der Waals surface area contributed by atoms with Gasteiger partial charge < -0.3 is 5.11 Å².